The Balaban J connectivity index is 2.08. The lowest BCUT2D eigenvalue weighted by atomic mass is 9.71. The molecule has 18 heavy (non-hydrogen) atoms. The minimum Gasteiger partial charge on any atom is -0.480 e. The predicted octanol–water partition coefficient (Wildman–Crippen LogP) is 3.12. The molecule has 1 aromatic rings. The molecule has 0 saturated heterocycles. The van der Waals surface area contributed by atoms with Gasteiger partial charge < -0.3 is 5.11 Å². The Morgan fingerprint density at radius 3 is 2.67 bits per heavy atom. The van der Waals surface area contributed by atoms with Crippen LogP contribution in [0.3, 0.4) is 0 Å². The van der Waals surface area contributed by atoms with Gasteiger partial charge in [-0.15, -0.1) is 11.3 Å². The summed E-state index contributed by atoms with van der Waals surface area (Å²) in [6.45, 7) is 4.96. The fraction of sp³-hybridized carbons (Fsp3) is 0.643. The lowest BCUT2D eigenvalue weighted by Gasteiger charge is -2.40. The highest BCUT2D eigenvalue weighted by molar-refractivity contribution is 7.09. The van der Waals surface area contributed by atoms with E-state index in [-0.39, 0.29) is 0 Å². The second kappa shape index (κ2) is 5.41. The van der Waals surface area contributed by atoms with Crippen LogP contribution in [-0.4, -0.2) is 16.6 Å². The fourth-order valence-corrected chi connectivity index (χ4v) is 3.84. The highest BCUT2D eigenvalue weighted by atomic mass is 32.1. The van der Waals surface area contributed by atoms with Gasteiger partial charge in [-0.2, -0.15) is 0 Å². The highest BCUT2D eigenvalue weighted by Crippen LogP contribution is 2.36. The van der Waals surface area contributed by atoms with Gasteiger partial charge in [0.2, 0.25) is 0 Å². The first-order chi connectivity index (χ1) is 8.52. The van der Waals surface area contributed by atoms with Gasteiger partial charge in [-0.25, -0.2) is 0 Å². The van der Waals surface area contributed by atoms with Gasteiger partial charge >= 0.3 is 5.97 Å². The van der Waals surface area contributed by atoms with Crippen LogP contribution in [0.25, 0.3) is 0 Å². The molecule has 2 unspecified atom stereocenters. The monoisotopic (exact) mass is 267 g/mol. The normalized spacial score (nSPS) is 32.3. The number of carboxylic acids is 1. The molecule has 1 aromatic heterocycles. The van der Waals surface area contributed by atoms with Crippen molar-refractivity contribution in [2.45, 2.75) is 45.2 Å². The molecule has 1 fully saturated rings. The molecule has 4 heteroatoms. The summed E-state index contributed by atoms with van der Waals surface area (Å²) in [5, 5.41) is 14.9. The fourth-order valence-electron chi connectivity index (χ4n) is 3.19. The van der Waals surface area contributed by atoms with Crippen LogP contribution in [0.2, 0.25) is 0 Å². The van der Waals surface area contributed by atoms with Crippen molar-refractivity contribution in [2.24, 2.45) is 11.8 Å². The van der Waals surface area contributed by atoms with E-state index in [0.717, 1.165) is 19.3 Å². The van der Waals surface area contributed by atoms with Gasteiger partial charge in [0.15, 0.2) is 0 Å². The van der Waals surface area contributed by atoms with Crippen LogP contribution in [0, 0.1) is 11.8 Å². The predicted molar refractivity (Wildman–Crippen MR) is 73.7 cm³/mol. The van der Waals surface area contributed by atoms with Crippen LogP contribution >= 0.6 is 11.3 Å². The van der Waals surface area contributed by atoms with Crippen molar-refractivity contribution < 1.29 is 9.90 Å². The third-order valence-corrected chi connectivity index (χ3v) is 4.67. The zero-order valence-corrected chi connectivity index (χ0v) is 11.8. The van der Waals surface area contributed by atoms with E-state index in [0.29, 0.717) is 18.4 Å². The Labute approximate surface area is 112 Å². The van der Waals surface area contributed by atoms with Crippen LogP contribution in [0.4, 0.5) is 0 Å². The molecule has 0 bridgehead atoms. The molecule has 0 radical (unpaired) electrons. The molecular formula is C14H21NO2S. The first kappa shape index (κ1) is 13.6. The summed E-state index contributed by atoms with van der Waals surface area (Å²) >= 11 is 1.67. The molecule has 1 heterocycles. The minimum atomic E-state index is -0.735. The second-order valence-corrected chi connectivity index (χ2v) is 6.71. The summed E-state index contributed by atoms with van der Waals surface area (Å²) in [4.78, 5) is 12.9. The van der Waals surface area contributed by atoms with Crippen molar-refractivity contribution >= 4 is 17.3 Å². The summed E-state index contributed by atoms with van der Waals surface area (Å²) in [5.41, 5.74) is -0.735. The number of nitrogens with one attached hydrogen (secondary N) is 1. The molecule has 2 rings (SSSR count). The number of aliphatic carboxylic acids is 1. The van der Waals surface area contributed by atoms with E-state index < -0.39 is 11.5 Å². The third kappa shape index (κ3) is 2.93. The second-order valence-electron chi connectivity index (χ2n) is 5.67. The van der Waals surface area contributed by atoms with Gasteiger partial charge in [0.05, 0.1) is 0 Å². The number of hydrogen-bond acceptors (Lipinski definition) is 3. The maximum absolute atomic E-state index is 11.7. The quantitative estimate of drug-likeness (QED) is 0.881. The average Bonchev–Trinajstić information content (AvgIpc) is 2.77. The molecule has 1 aliphatic carbocycles. The number of hydrogen-bond donors (Lipinski definition) is 2. The molecule has 0 aromatic carbocycles. The van der Waals surface area contributed by atoms with Crippen molar-refractivity contribution in [1.29, 1.82) is 0 Å². The van der Waals surface area contributed by atoms with Crippen LogP contribution in [-0.2, 0) is 11.3 Å². The Bertz CT molecular complexity index is 392. The van der Waals surface area contributed by atoms with Gasteiger partial charge in [0.25, 0.3) is 0 Å². The van der Waals surface area contributed by atoms with Crippen LogP contribution in [0.5, 0.6) is 0 Å². The molecule has 100 valence electrons. The van der Waals surface area contributed by atoms with Gasteiger partial charge in [-0.3, -0.25) is 10.1 Å². The smallest absolute Gasteiger partial charge is 0.323 e. The van der Waals surface area contributed by atoms with E-state index in [1.807, 2.05) is 17.5 Å². The first-order valence-corrected chi connectivity index (χ1v) is 7.40. The summed E-state index contributed by atoms with van der Waals surface area (Å²) < 4.78 is 0. The molecule has 2 N–H and O–H groups in total. The number of carbonyl (C=O) groups is 1. The SMILES string of the molecule is CC1CC(C)CC(NCc2cccs2)(C(=O)O)C1. The zero-order chi connectivity index (χ0) is 13.2. The zero-order valence-electron chi connectivity index (χ0n) is 11.0. The van der Waals surface area contributed by atoms with E-state index in [1.165, 1.54) is 4.88 Å². The average molecular weight is 267 g/mol. The van der Waals surface area contributed by atoms with E-state index in [9.17, 15) is 9.90 Å². The van der Waals surface area contributed by atoms with Gasteiger partial charge in [-0.05, 0) is 42.5 Å². The van der Waals surface area contributed by atoms with E-state index >= 15 is 0 Å². The van der Waals surface area contributed by atoms with Gasteiger partial charge in [-0.1, -0.05) is 19.9 Å². The summed E-state index contributed by atoms with van der Waals surface area (Å²) in [6, 6.07) is 4.05. The van der Waals surface area contributed by atoms with Gasteiger partial charge in [0, 0.05) is 11.4 Å². The Morgan fingerprint density at radius 2 is 2.17 bits per heavy atom. The molecule has 2 atom stereocenters. The van der Waals surface area contributed by atoms with Crippen molar-refractivity contribution in [2.75, 3.05) is 0 Å². The summed E-state index contributed by atoms with van der Waals surface area (Å²) in [6.07, 6.45) is 2.60. The number of thiophene rings is 1. The highest BCUT2D eigenvalue weighted by Gasteiger charge is 2.43. The van der Waals surface area contributed by atoms with Crippen molar-refractivity contribution in [1.82, 2.24) is 5.32 Å². The van der Waals surface area contributed by atoms with Crippen molar-refractivity contribution in [3.63, 3.8) is 0 Å². The molecule has 1 aliphatic rings. The molecule has 0 aliphatic heterocycles. The topological polar surface area (TPSA) is 49.3 Å². The van der Waals surface area contributed by atoms with Crippen LogP contribution in [0.1, 0.15) is 38.0 Å². The van der Waals surface area contributed by atoms with Crippen molar-refractivity contribution in [3.05, 3.63) is 22.4 Å². The Hall–Kier alpha value is -0.870. The van der Waals surface area contributed by atoms with Crippen LogP contribution in [0.15, 0.2) is 17.5 Å². The minimum absolute atomic E-state index is 0.473. The number of rotatable bonds is 4. The van der Waals surface area contributed by atoms with E-state index in [1.54, 1.807) is 11.3 Å². The van der Waals surface area contributed by atoms with E-state index in [2.05, 4.69) is 19.2 Å². The molecule has 0 amide bonds. The lowest BCUT2D eigenvalue weighted by Crippen LogP contribution is -2.55. The summed E-state index contributed by atoms with van der Waals surface area (Å²) in [7, 11) is 0. The van der Waals surface area contributed by atoms with E-state index in [4.69, 9.17) is 0 Å². The number of carboxylic acid groups (broad SMARTS) is 1. The van der Waals surface area contributed by atoms with Gasteiger partial charge in [0.1, 0.15) is 5.54 Å². The first-order valence-electron chi connectivity index (χ1n) is 6.52. The van der Waals surface area contributed by atoms with Crippen LogP contribution < -0.4 is 5.32 Å². The Morgan fingerprint density at radius 1 is 1.50 bits per heavy atom. The molecule has 0 spiro atoms. The molecule has 1 saturated carbocycles. The largest absolute Gasteiger partial charge is 0.480 e. The molecule has 3 nitrogen and oxygen atoms in total. The van der Waals surface area contributed by atoms with Crippen molar-refractivity contribution in [3.8, 4) is 0 Å². The maximum atomic E-state index is 11.7. The maximum Gasteiger partial charge on any atom is 0.323 e. The summed E-state index contributed by atoms with van der Waals surface area (Å²) in [5.74, 6) is 0.249. The molecular weight excluding hydrogens is 246 g/mol. The third-order valence-electron chi connectivity index (χ3n) is 3.79. The lowest BCUT2D eigenvalue weighted by molar-refractivity contribution is -0.148. The standard InChI is InChI=1S/C14H21NO2S/c1-10-6-11(2)8-14(7-10,13(16)17)15-9-12-4-3-5-18-12/h3-5,10-11,15H,6-9H2,1-2H3,(H,16,17). The Kier molecular flexibility index (Phi) is 4.07.